The second-order valence-corrected chi connectivity index (χ2v) is 6.31. The van der Waals surface area contributed by atoms with Gasteiger partial charge in [0, 0.05) is 19.0 Å². The number of hydrogen-bond donors (Lipinski definition) is 0. The average Bonchev–Trinajstić information content (AvgIpc) is 2.74. The molecule has 1 saturated carbocycles. The number of rotatable bonds is 3. The van der Waals surface area contributed by atoms with Crippen molar-refractivity contribution in [3.8, 4) is 5.75 Å². The van der Waals surface area contributed by atoms with E-state index in [9.17, 15) is 0 Å². The molecule has 1 aliphatic heterocycles. The van der Waals surface area contributed by atoms with Gasteiger partial charge in [-0.15, -0.1) is 0 Å². The zero-order chi connectivity index (χ0) is 14.7. The Kier molecular flexibility index (Phi) is 4.51. The minimum absolute atomic E-state index is 0.100. The van der Waals surface area contributed by atoms with Crippen LogP contribution in [0.25, 0.3) is 0 Å². The zero-order valence-electron chi connectivity index (χ0n) is 13.3. The molecule has 1 heterocycles. The number of nitrogens with zero attached hydrogens (tertiary/aromatic N) is 1. The summed E-state index contributed by atoms with van der Waals surface area (Å²) in [6.07, 6.45) is 5.01. The molecule has 3 heteroatoms. The maximum Gasteiger partial charge on any atom is 0.119 e. The van der Waals surface area contributed by atoms with Crippen molar-refractivity contribution >= 4 is 0 Å². The van der Waals surface area contributed by atoms with Gasteiger partial charge in [0.05, 0.1) is 19.3 Å². The Morgan fingerprint density at radius 3 is 3.10 bits per heavy atom. The van der Waals surface area contributed by atoms with Gasteiger partial charge in [0.2, 0.25) is 0 Å². The second-order valence-electron chi connectivity index (χ2n) is 6.31. The van der Waals surface area contributed by atoms with Crippen LogP contribution in [0.4, 0.5) is 0 Å². The highest BCUT2D eigenvalue weighted by Crippen LogP contribution is 2.46. The monoisotopic (exact) mass is 289 g/mol. The van der Waals surface area contributed by atoms with E-state index in [-0.39, 0.29) is 5.60 Å². The first-order valence-electron chi connectivity index (χ1n) is 8.29. The molecular formula is C18H27NO2. The van der Waals surface area contributed by atoms with Crippen LogP contribution in [0.2, 0.25) is 0 Å². The lowest BCUT2D eigenvalue weighted by Crippen LogP contribution is -2.43. The molecular weight excluding hydrogens is 262 g/mol. The van der Waals surface area contributed by atoms with Crippen molar-refractivity contribution in [3.05, 3.63) is 29.8 Å². The van der Waals surface area contributed by atoms with Gasteiger partial charge in [-0.25, -0.2) is 0 Å². The predicted octanol–water partition coefficient (Wildman–Crippen LogP) is 3.43. The molecule has 1 saturated heterocycles. The van der Waals surface area contributed by atoms with Gasteiger partial charge in [0.25, 0.3) is 0 Å². The Hall–Kier alpha value is -1.06. The van der Waals surface area contributed by atoms with Crippen molar-refractivity contribution in [1.82, 2.24) is 4.90 Å². The summed E-state index contributed by atoms with van der Waals surface area (Å²) in [4.78, 5) is 2.54. The van der Waals surface area contributed by atoms with E-state index in [2.05, 4.69) is 30.0 Å². The van der Waals surface area contributed by atoms with Gasteiger partial charge in [-0.1, -0.05) is 31.9 Å². The molecule has 0 amide bonds. The normalized spacial score (nSPS) is 30.5. The van der Waals surface area contributed by atoms with Gasteiger partial charge < -0.3 is 14.4 Å². The van der Waals surface area contributed by atoms with Crippen molar-refractivity contribution < 1.29 is 9.47 Å². The highest BCUT2D eigenvalue weighted by Gasteiger charge is 2.45. The van der Waals surface area contributed by atoms with Crippen LogP contribution in [0.1, 0.15) is 38.2 Å². The summed E-state index contributed by atoms with van der Waals surface area (Å²) in [6, 6.07) is 8.52. The molecule has 3 nitrogen and oxygen atoms in total. The van der Waals surface area contributed by atoms with Gasteiger partial charge in [-0.2, -0.15) is 0 Å². The molecule has 2 unspecified atom stereocenters. The number of hydrogen-bond acceptors (Lipinski definition) is 3. The van der Waals surface area contributed by atoms with Crippen molar-refractivity contribution in [2.24, 2.45) is 5.92 Å². The third-order valence-corrected chi connectivity index (χ3v) is 5.26. The van der Waals surface area contributed by atoms with E-state index in [1.165, 1.54) is 24.8 Å². The molecule has 2 aliphatic rings. The third-order valence-electron chi connectivity index (χ3n) is 5.26. The molecule has 2 atom stereocenters. The Bertz CT molecular complexity index is 476. The van der Waals surface area contributed by atoms with Crippen LogP contribution in [0.15, 0.2) is 24.3 Å². The van der Waals surface area contributed by atoms with Crippen LogP contribution in [-0.2, 0) is 10.3 Å². The lowest BCUT2D eigenvalue weighted by Gasteiger charge is -2.43. The molecule has 2 fully saturated rings. The average molecular weight is 289 g/mol. The highest BCUT2D eigenvalue weighted by molar-refractivity contribution is 5.33. The Morgan fingerprint density at radius 1 is 1.38 bits per heavy atom. The number of ether oxygens (including phenoxy) is 2. The first kappa shape index (κ1) is 14.9. The molecule has 0 aromatic heterocycles. The molecule has 1 aromatic rings. The molecule has 0 N–H and O–H groups in total. The summed E-state index contributed by atoms with van der Waals surface area (Å²) in [7, 11) is 1.74. The van der Waals surface area contributed by atoms with Gasteiger partial charge in [-0.05, 0) is 37.1 Å². The molecule has 116 valence electrons. The minimum Gasteiger partial charge on any atom is -0.497 e. The molecule has 3 rings (SSSR count). The molecule has 0 spiro atoms. The number of benzene rings is 1. The topological polar surface area (TPSA) is 21.7 Å². The van der Waals surface area contributed by atoms with E-state index in [1.807, 2.05) is 6.07 Å². The fraction of sp³-hybridized carbons (Fsp3) is 0.667. The van der Waals surface area contributed by atoms with Crippen molar-refractivity contribution in [2.75, 3.05) is 33.4 Å². The Balaban J connectivity index is 1.96. The quantitative estimate of drug-likeness (QED) is 0.851. The SMILES string of the molecule is CCN1CCOC2(c3cccc(OC)c3)CCCCC2C1. The van der Waals surface area contributed by atoms with E-state index in [0.29, 0.717) is 5.92 Å². The lowest BCUT2D eigenvalue weighted by molar-refractivity contribution is -0.101. The summed E-state index contributed by atoms with van der Waals surface area (Å²) in [5, 5.41) is 0. The van der Waals surface area contributed by atoms with Crippen LogP contribution in [0.3, 0.4) is 0 Å². The Morgan fingerprint density at radius 2 is 2.29 bits per heavy atom. The minimum atomic E-state index is -0.100. The van der Waals surface area contributed by atoms with E-state index in [1.54, 1.807) is 7.11 Å². The van der Waals surface area contributed by atoms with Crippen LogP contribution in [-0.4, -0.2) is 38.3 Å². The number of likely N-dealkylation sites (N-methyl/N-ethyl adjacent to an activating group) is 1. The Labute approximate surface area is 128 Å². The molecule has 21 heavy (non-hydrogen) atoms. The molecule has 1 aliphatic carbocycles. The van der Waals surface area contributed by atoms with Crippen LogP contribution in [0.5, 0.6) is 5.75 Å². The number of methoxy groups -OCH3 is 1. The summed E-state index contributed by atoms with van der Waals surface area (Å²) >= 11 is 0. The second kappa shape index (κ2) is 6.37. The van der Waals surface area contributed by atoms with Crippen molar-refractivity contribution in [1.29, 1.82) is 0 Å². The van der Waals surface area contributed by atoms with Crippen molar-refractivity contribution in [3.63, 3.8) is 0 Å². The summed E-state index contributed by atoms with van der Waals surface area (Å²) in [5.41, 5.74) is 1.21. The van der Waals surface area contributed by atoms with Gasteiger partial charge in [0.1, 0.15) is 5.75 Å². The fourth-order valence-corrected chi connectivity index (χ4v) is 4.04. The molecule has 1 aromatic carbocycles. The van der Waals surface area contributed by atoms with Crippen molar-refractivity contribution in [2.45, 2.75) is 38.2 Å². The van der Waals surface area contributed by atoms with E-state index < -0.39 is 0 Å². The predicted molar refractivity (Wildman–Crippen MR) is 84.7 cm³/mol. The first-order chi connectivity index (χ1) is 10.3. The van der Waals surface area contributed by atoms with E-state index >= 15 is 0 Å². The summed E-state index contributed by atoms with van der Waals surface area (Å²) in [6.45, 7) is 6.42. The maximum atomic E-state index is 6.51. The van der Waals surface area contributed by atoms with Crippen LogP contribution in [0, 0.1) is 5.92 Å². The standard InChI is InChI=1S/C18H27NO2/c1-3-19-11-12-21-18(10-5-4-7-16(18)14-19)15-8-6-9-17(13-15)20-2/h6,8-9,13,16H,3-5,7,10-12,14H2,1-2H3. The first-order valence-corrected chi connectivity index (χ1v) is 8.29. The third kappa shape index (κ3) is 2.82. The molecule has 0 bridgehead atoms. The molecule has 0 radical (unpaired) electrons. The summed E-state index contributed by atoms with van der Waals surface area (Å²) in [5.74, 6) is 1.53. The smallest absolute Gasteiger partial charge is 0.119 e. The fourth-order valence-electron chi connectivity index (χ4n) is 4.04. The lowest BCUT2D eigenvalue weighted by atomic mass is 9.71. The van der Waals surface area contributed by atoms with Gasteiger partial charge >= 0.3 is 0 Å². The highest BCUT2D eigenvalue weighted by atomic mass is 16.5. The van der Waals surface area contributed by atoms with Gasteiger partial charge in [-0.3, -0.25) is 0 Å². The van der Waals surface area contributed by atoms with Gasteiger partial charge in [0.15, 0.2) is 0 Å². The maximum absolute atomic E-state index is 6.51. The zero-order valence-corrected chi connectivity index (χ0v) is 13.3. The van der Waals surface area contributed by atoms with E-state index in [4.69, 9.17) is 9.47 Å². The largest absolute Gasteiger partial charge is 0.497 e. The van der Waals surface area contributed by atoms with E-state index in [0.717, 1.165) is 38.4 Å². The van der Waals surface area contributed by atoms with Crippen LogP contribution >= 0.6 is 0 Å². The van der Waals surface area contributed by atoms with Crippen LogP contribution < -0.4 is 4.74 Å². The summed E-state index contributed by atoms with van der Waals surface area (Å²) < 4.78 is 11.9. The number of fused-ring (bicyclic) bond motifs is 1.